The van der Waals surface area contributed by atoms with Gasteiger partial charge in [0.25, 0.3) is 0 Å². The van der Waals surface area contributed by atoms with Gasteiger partial charge in [0.1, 0.15) is 17.5 Å². The predicted octanol–water partition coefficient (Wildman–Crippen LogP) is 1.53. The van der Waals surface area contributed by atoms with E-state index >= 15 is 0 Å². The lowest BCUT2D eigenvalue weighted by Gasteiger charge is -2.24. The van der Waals surface area contributed by atoms with Crippen LogP contribution in [0.25, 0.3) is 0 Å². The van der Waals surface area contributed by atoms with Crippen molar-refractivity contribution in [1.29, 1.82) is 5.26 Å². The van der Waals surface area contributed by atoms with E-state index < -0.39 is 0 Å². The third-order valence-electron chi connectivity index (χ3n) is 3.88. The number of nitrogens with one attached hydrogen (secondary N) is 1. The van der Waals surface area contributed by atoms with E-state index in [1.165, 1.54) is 25.7 Å². The van der Waals surface area contributed by atoms with Crippen molar-refractivity contribution in [2.24, 2.45) is 18.7 Å². The minimum absolute atomic E-state index is 0.245. The van der Waals surface area contributed by atoms with Crippen molar-refractivity contribution >= 4 is 5.82 Å². The van der Waals surface area contributed by atoms with Crippen LogP contribution in [0, 0.1) is 24.2 Å². The van der Waals surface area contributed by atoms with Gasteiger partial charge in [-0.25, -0.2) is 0 Å². The van der Waals surface area contributed by atoms with Gasteiger partial charge in [0.2, 0.25) is 0 Å². The molecule has 0 amide bonds. The Labute approximate surface area is 108 Å². The standard InChI is InChI=1S/C13H21N5/c1-9-11(7-14)13(18(2)17-9)16-12(8-15)10-5-3-4-6-10/h10,12,16H,3-6,8,15H2,1-2H3. The van der Waals surface area contributed by atoms with Crippen molar-refractivity contribution < 1.29 is 0 Å². The van der Waals surface area contributed by atoms with Gasteiger partial charge in [-0.1, -0.05) is 12.8 Å². The lowest BCUT2D eigenvalue weighted by atomic mass is 9.98. The summed E-state index contributed by atoms with van der Waals surface area (Å²) in [5, 5.41) is 16.9. The Hall–Kier alpha value is -1.54. The summed E-state index contributed by atoms with van der Waals surface area (Å²) in [5.41, 5.74) is 7.28. The Bertz CT molecular complexity index is 451. The first-order valence-electron chi connectivity index (χ1n) is 6.57. The van der Waals surface area contributed by atoms with Crippen LogP contribution in [-0.2, 0) is 7.05 Å². The molecule has 0 spiro atoms. The average molecular weight is 247 g/mol. The normalized spacial score (nSPS) is 17.7. The van der Waals surface area contributed by atoms with E-state index in [0.29, 0.717) is 18.0 Å². The third-order valence-corrected chi connectivity index (χ3v) is 3.88. The van der Waals surface area contributed by atoms with Gasteiger partial charge in [-0.05, 0) is 25.7 Å². The van der Waals surface area contributed by atoms with Crippen molar-refractivity contribution in [1.82, 2.24) is 9.78 Å². The summed E-state index contributed by atoms with van der Waals surface area (Å²) in [6.45, 7) is 2.45. The molecule has 1 fully saturated rings. The van der Waals surface area contributed by atoms with Gasteiger partial charge in [-0.15, -0.1) is 0 Å². The molecule has 0 bridgehead atoms. The molecular weight excluding hydrogens is 226 g/mol. The fourth-order valence-corrected chi connectivity index (χ4v) is 2.86. The number of aryl methyl sites for hydroxylation is 2. The minimum Gasteiger partial charge on any atom is -0.365 e. The van der Waals surface area contributed by atoms with Crippen LogP contribution in [0.5, 0.6) is 0 Å². The van der Waals surface area contributed by atoms with Crippen LogP contribution in [0.1, 0.15) is 36.9 Å². The van der Waals surface area contributed by atoms with Gasteiger partial charge in [0.05, 0.1) is 5.69 Å². The Morgan fingerprint density at radius 1 is 1.56 bits per heavy atom. The van der Waals surface area contributed by atoms with E-state index in [1.807, 2.05) is 14.0 Å². The largest absolute Gasteiger partial charge is 0.365 e. The summed E-state index contributed by atoms with van der Waals surface area (Å²) >= 11 is 0. The van der Waals surface area contributed by atoms with Gasteiger partial charge in [-0.3, -0.25) is 4.68 Å². The highest BCUT2D eigenvalue weighted by molar-refractivity contribution is 5.55. The van der Waals surface area contributed by atoms with Gasteiger partial charge < -0.3 is 11.1 Å². The molecule has 1 aromatic heterocycles. The molecule has 18 heavy (non-hydrogen) atoms. The molecule has 1 atom stereocenters. The predicted molar refractivity (Wildman–Crippen MR) is 71.1 cm³/mol. The SMILES string of the molecule is Cc1nn(C)c(NC(CN)C2CCCC2)c1C#N. The number of nitrogens with two attached hydrogens (primary N) is 1. The Morgan fingerprint density at radius 3 is 2.78 bits per heavy atom. The Balaban J connectivity index is 2.19. The van der Waals surface area contributed by atoms with Gasteiger partial charge >= 0.3 is 0 Å². The first-order chi connectivity index (χ1) is 8.67. The van der Waals surface area contributed by atoms with Gasteiger partial charge in [0, 0.05) is 19.6 Å². The van der Waals surface area contributed by atoms with Crippen LogP contribution >= 0.6 is 0 Å². The zero-order chi connectivity index (χ0) is 13.1. The zero-order valence-corrected chi connectivity index (χ0v) is 11.1. The topological polar surface area (TPSA) is 79.7 Å². The monoisotopic (exact) mass is 247 g/mol. The van der Waals surface area contributed by atoms with Gasteiger partial charge in [-0.2, -0.15) is 10.4 Å². The smallest absolute Gasteiger partial charge is 0.142 e. The summed E-state index contributed by atoms with van der Waals surface area (Å²) in [5.74, 6) is 1.43. The molecule has 1 saturated carbocycles. The first kappa shape index (κ1) is 12.9. The van der Waals surface area contributed by atoms with E-state index in [1.54, 1.807) is 4.68 Å². The molecule has 3 N–H and O–H groups in total. The van der Waals surface area contributed by atoms with Crippen molar-refractivity contribution in [3.05, 3.63) is 11.3 Å². The number of anilines is 1. The maximum Gasteiger partial charge on any atom is 0.142 e. The highest BCUT2D eigenvalue weighted by Gasteiger charge is 2.26. The van der Waals surface area contributed by atoms with Gasteiger partial charge in [0.15, 0.2) is 0 Å². The van der Waals surface area contributed by atoms with Crippen LogP contribution in [0.3, 0.4) is 0 Å². The molecule has 1 heterocycles. The zero-order valence-electron chi connectivity index (χ0n) is 11.1. The number of nitriles is 1. The van der Waals surface area contributed by atoms with E-state index in [2.05, 4.69) is 16.5 Å². The second kappa shape index (κ2) is 5.40. The summed E-state index contributed by atoms with van der Waals surface area (Å²) in [6, 6.07) is 2.46. The Morgan fingerprint density at radius 2 is 2.22 bits per heavy atom. The molecule has 1 unspecified atom stereocenters. The van der Waals surface area contributed by atoms with Crippen LogP contribution in [0.15, 0.2) is 0 Å². The van der Waals surface area contributed by atoms with Crippen LogP contribution < -0.4 is 11.1 Å². The highest BCUT2D eigenvalue weighted by atomic mass is 15.3. The quantitative estimate of drug-likeness (QED) is 0.845. The number of aromatic nitrogens is 2. The fraction of sp³-hybridized carbons (Fsp3) is 0.692. The molecule has 0 aromatic carbocycles. The molecule has 0 aliphatic heterocycles. The molecule has 0 radical (unpaired) electrons. The number of hydrogen-bond donors (Lipinski definition) is 2. The molecular formula is C13H21N5. The minimum atomic E-state index is 0.245. The molecule has 1 aliphatic rings. The number of rotatable bonds is 4. The first-order valence-corrected chi connectivity index (χ1v) is 6.57. The lowest BCUT2D eigenvalue weighted by Crippen LogP contribution is -2.36. The van der Waals surface area contributed by atoms with E-state index in [4.69, 9.17) is 5.73 Å². The third kappa shape index (κ3) is 2.34. The lowest BCUT2D eigenvalue weighted by molar-refractivity contribution is 0.459. The molecule has 2 rings (SSSR count). The summed E-state index contributed by atoms with van der Waals surface area (Å²) in [6.07, 6.45) is 5.04. The second-order valence-electron chi connectivity index (χ2n) is 5.08. The van der Waals surface area contributed by atoms with Crippen molar-refractivity contribution in [3.8, 4) is 6.07 Å². The van der Waals surface area contributed by atoms with Crippen molar-refractivity contribution in [2.75, 3.05) is 11.9 Å². The molecule has 5 heteroatoms. The second-order valence-corrected chi connectivity index (χ2v) is 5.08. The maximum atomic E-state index is 9.19. The number of hydrogen-bond acceptors (Lipinski definition) is 4. The number of nitrogens with zero attached hydrogens (tertiary/aromatic N) is 3. The fourth-order valence-electron chi connectivity index (χ4n) is 2.86. The molecule has 5 nitrogen and oxygen atoms in total. The Kier molecular flexibility index (Phi) is 3.87. The molecule has 0 saturated heterocycles. The average Bonchev–Trinajstić information content (AvgIpc) is 2.95. The van der Waals surface area contributed by atoms with Crippen LogP contribution in [0.4, 0.5) is 5.82 Å². The highest BCUT2D eigenvalue weighted by Crippen LogP contribution is 2.30. The maximum absolute atomic E-state index is 9.19. The summed E-state index contributed by atoms with van der Waals surface area (Å²) in [4.78, 5) is 0. The van der Waals surface area contributed by atoms with E-state index in [-0.39, 0.29) is 6.04 Å². The van der Waals surface area contributed by atoms with E-state index in [0.717, 1.165) is 11.5 Å². The van der Waals surface area contributed by atoms with Crippen LogP contribution in [0.2, 0.25) is 0 Å². The van der Waals surface area contributed by atoms with E-state index in [9.17, 15) is 5.26 Å². The van der Waals surface area contributed by atoms with Crippen molar-refractivity contribution in [2.45, 2.75) is 38.6 Å². The molecule has 98 valence electrons. The molecule has 1 aliphatic carbocycles. The molecule has 1 aromatic rings. The summed E-state index contributed by atoms with van der Waals surface area (Å²) in [7, 11) is 1.86. The van der Waals surface area contributed by atoms with Crippen molar-refractivity contribution in [3.63, 3.8) is 0 Å². The summed E-state index contributed by atoms with van der Waals surface area (Å²) < 4.78 is 1.74. The van der Waals surface area contributed by atoms with Crippen LogP contribution in [-0.4, -0.2) is 22.4 Å².